The van der Waals surface area contributed by atoms with Crippen molar-refractivity contribution >= 4 is 5.97 Å². The van der Waals surface area contributed by atoms with E-state index in [9.17, 15) is 4.79 Å². The lowest BCUT2D eigenvalue weighted by Crippen LogP contribution is -2.12. The molecule has 0 unspecified atom stereocenters. The van der Waals surface area contributed by atoms with Crippen molar-refractivity contribution in [3.05, 3.63) is 46.3 Å². The lowest BCUT2D eigenvalue weighted by molar-refractivity contribution is 0.0588. The number of methoxy groups -OCH3 is 2. The minimum absolute atomic E-state index is 0.200. The second kappa shape index (κ2) is 6.49. The number of hydrogen-bond acceptors (Lipinski definition) is 5. The highest BCUT2D eigenvalue weighted by atomic mass is 16.5. The molecule has 0 fully saturated rings. The number of carbonyl (C=O) groups excluding carboxylic acids is 1. The van der Waals surface area contributed by atoms with Gasteiger partial charge in [0.2, 0.25) is 0 Å². The number of esters is 1. The highest BCUT2D eigenvalue weighted by molar-refractivity contribution is 5.88. The summed E-state index contributed by atoms with van der Waals surface area (Å²) in [5.74, 6) is -0.505. The van der Waals surface area contributed by atoms with Gasteiger partial charge < -0.3 is 9.47 Å². The Hall–Kier alpha value is -2.21. The van der Waals surface area contributed by atoms with Gasteiger partial charge in [-0.15, -0.1) is 5.10 Å². The van der Waals surface area contributed by atoms with Crippen molar-refractivity contribution < 1.29 is 14.3 Å². The Bertz CT molecular complexity index is 629. The lowest BCUT2D eigenvalue weighted by atomic mass is 10.0. The van der Waals surface area contributed by atoms with Gasteiger partial charge >= 0.3 is 5.97 Å². The first kappa shape index (κ1) is 15.2. The molecule has 2 rings (SSSR count). The molecule has 6 nitrogen and oxygen atoms in total. The van der Waals surface area contributed by atoms with E-state index in [1.807, 2.05) is 6.07 Å². The van der Waals surface area contributed by atoms with Crippen LogP contribution in [0.25, 0.3) is 0 Å². The zero-order valence-electron chi connectivity index (χ0n) is 12.7. The van der Waals surface area contributed by atoms with Crippen LogP contribution in [0.3, 0.4) is 0 Å². The molecule has 1 heterocycles. The quantitative estimate of drug-likeness (QED) is 0.786. The first-order valence-corrected chi connectivity index (χ1v) is 6.63. The van der Waals surface area contributed by atoms with Crippen molar-refractivity contribution in [2.24, 2.45) is 0 Å². The average Bonchev–Trinajstić information content (AvgIpc) is 2.86. The summed E-state index contributed by atoms with van der Waals surface area (Å²) in [4.78, 5) is 11.7. The molecule has 0 aliphatic rings. The van der Waals surface area contributed by atoms with Gasteiger partial charge in [-0.2, -0.15) is 0 Å². The second-order valence-corrected chi connectivity index (χ2v) is 4.84. The Labute approximate surface area is 123 Å². The van der Waals surface area contributed by atoms with Gasteiger partial charge in [-0.25, -0.2) is 9.48 Å². The highest BCUT2D eigenvalue weighted by Gasteiger charge is 2.20. The van der Waals surface area contributed by atoms with E-state index in [0.717, 1.165) is 5.56 Å². The van der Waals surface area contributed by atoms with Gasteiger partial charge in [0.15, 0.2) is 5.69 Å². The number of rotatable bonds is 5. The van der Waals surface area contributed by atoms with Crippen molar-refractivity contribution in [2.45, 2.75) is 27.0 Å². The van der Waals surface area contributed by atoms with Gasteiger partial charge in [0.05, 0.1) is 26.0 Å². The van der Waals surface area contributed by atoms with E-state index < -0.39 is 5.97 Å². The van der Waals surface area contributed by atoms with Gasteiger partial charge in [-0.3, -0.25) is 0 Å². The molecule has 21 heavy (non-hydrogen) atoms. The minimum atomic E-state index is -0.505. The summed E-state index contributed by atoms with van der Waals surface area (Å²) >= 11 is 0. The molecule has 0 saturated heterocycles. The van der Waals surface area contributed by atoms with Crippen LogP contribution in [0.1, 0.15) is 32.9 Å². The minimum Gasteiger partial charge on any atom is -0.464 e. The molecule has 2 aromatic rings. The van der Waals surface area contributed by atoms with Gasteiger partial charge in [0.1, 0.15) is 0 Å². The molecule has 112 valence electrons. The summed E-state index contributed by atoms with van der Waals surface area (Å²) in [6.07, 6.45) is 0. The number of aromatic nitrogens is 3. The van der Waals surface area contributed by atoms with Crippen LogP contribution in [0.15, 0.2) is 18.2 Å². The van der Waals surface area contributed by atoms with E-state index in [0.29, 0.717) is 12.2 Å². The summed E-state index contributed by atoms with van der Waals surface area (Å²) in [6, 6.07) is 6.12. The van der Waals surface area contributed by atoms with Crippen molar-refractivity contribution in [3.8, 4) is 0 Å². The Morgan fingerprint density at radius 1 is 1.24 bits per heavy atom. The standard InChI is InChI=1S/C15H19N3O3/c1-10-6-5-7-11(2)12(10)8-18-13(9-20-3)14(16-17-18)15(19)21-4/h5-7H,8-9H2,1-4H3. The second-order valence-electron chi connectivity index (χ2n) is 4.84. The highest BCUT2D eigenvalue weighted by Crippen LogP contribution is 2.17. The number of benzene rings is 1. The van der Waals surface area contributed by atoms with Gasteiger partial charge in [0, 0.05) is 7.11 Å². The zero-order chi connectivity index (χ0) is 15.4. The first-order chi connectivity index (χ1) is 10.1. The fourth-order valence-corrected chi connectivity index (χ4v) is 2.24. The van der Waals surface area contributed by atoms with Crippen LogP contribution >= 0.6 is 0 Å². The largest absolute Gasteiger partial charge is 0.464 e. The summed E-state index contributed by atoms with van der Waals surface area (Å²) in [6.45, 7) is 4.90. The topological polar surface area (TPSA) is 66.2 Å². The lowest BCUT2D eigenvalue weighted by Gasteiger charge is -2.11. The molecular weight excluding hydrogens is 270 g/mol. The molecule has 6 heteroatoms. The molecule has 1 aromatic heterocycles. The molecule has 0 spiro atoms. The number of hydrogen-bond donors (Lipinski definition) is 0. The number of ether oxygens (including phenoxy) is 2. The van der Waals surface area contributed by atoms with Crippen molar-refractivity contribution in [1.82, 2.24) is 15.0 Å². The van der Waals surface area contributed by atoms with Crippen LogP contribution in [-0.4, -0.2) is 35.2 Å². The van der Waals surface area contributed by atoms with Crippen LogP contribution in [-0.2, 0) is 22.6 Å². The van der Waals surface area contributed by atoms with E-state index in [1.54, 1.807) is 11.8 Å². The van der Waals surface area contributed by atoms with E-state index in [1.165, 1.54) is 18.2 Å². The van der Waals surface area contributed by atoms with Gasteiger partial charge in [-0.05, 0) is 30.5 Å². The monoisotopic (exact) mass is 289 g/mol. The fourth-order valence-electron chi connectivity index (χ4n) is 2.24. The number of aryl methyl sites for hydroxylation is 2. The Morgan fingerprint density at radius 2 is 1.90 bits per heavy atom. The first-order valence-electron chi connectivity index (χ1n) is 6.63. The van der Waals surface area contributed by atoms with Crippen LogP contribution in [0, 0.1) is 13.8 Å². The maximum atomic E-state index is 11.7. The molecule has 1 aromatic carbocycles. The molecule has 0 aliphatic carbocycles. The van der Waals surface area contributed by atoms with E-state index in [4.69, 9.17) is 9.47 Å². The Morgan fingerprint density at radius 3 is 2.48 bits per heavy atom. The summed E-state index contributed by atoms with van der Waals surface area (Å²) in [5.41, 5.74) is 4.33. The summed E-state index contributed by atoms with van der Waals surface area (Å²) in [7, 11) is 2.89. The fraction of sp³-hybridized carbons (Fsp3) is 0.400. The maximum Gasteiger partial charge on any atom is 0.360 e. The average molecular weight is 289 g/mol. The van der Waals surface area contributed by atoms with Gasteiger partial charge in [-0.1, -0.05) is 23.4 Å². The van der Waals surface area contributed by atoms with E-state index in [2.05, 4.69) is 36.3 Å². The third kappa shape index (κ3) is 3.11. The van der Waals surface area contributed by atoms with E-state index in [-0.39, 0.29) is 12.3 Å². The Kier molecular flexibility index (Phi) is 4.70. The van der Waals surface area contributed by atoms with Crippen LogP contribution in [0.2, 0.25) is 0 Å². The molecular formula is C15H19N3O3. The molecule has 0 aliphatic heterocycles. The molecule has 0 atom stereocenters. The molecule has 0 N–H and O–H groups in total. The van der Waals surface area contributed by atoms with E-state index >= 15 is 0 Å². The summed E-state index contributed by atoms with van der Waals surface area (Å²) < 4.78 is 11.6. The van der Waals surface area contributed by atoms with Crippen molar-refractivity contribution in [2.75, 3.05) is 14.2 Å². The predicted octanol–water partition coefficient (Wildman–Crippen LogP) is 1.88. The maximum absolute atomic E-state index is 11.7. The normalized spacial score (nSPS) is 10.7. The number of carbonyl (C=O) groups is 1. The van der Waals surface area contributed by atoms with Crippen LogP contribution in [0.5, 0.6) is 0 Å². The predicted molar refractivity (Wildman–Crippen MR) is 77.1 cm³/mol. The third-order valence-corrected chi connectivity index (χ3v) is 3.45. The van der Waals surface area contributed by atoms with Crippen LogP contribution in [0.4, 0.5) is 0 Å². The summed E-state index contributed by atoms with van der Waals surface area (Å²) in [5, 5.41) is 7.99. The smallest absolute Gasteiger partial charge is 0.360 e. The van der Waals surface area contributed by atoms with Crippen LogP contribution < -0.4 is 0 Å². The van der Waals surface area contributed by atoms with Crippen molar-refractivity contribution in [1.29, 1.82) is 0 Å². The Balaban J connectivity index is 2.40. The SMILES string of the molecule is COCc1c(C(=O)OC)nnn1Cc1c(C)cccc1C. The third-order valence-electron chi connectivity index (χ3n) is 3.45. The van der Waals surface area contributed by atoms with Crippen molar-refractivity contribution in [3.63, 3.8) is 0 Å². The molecule has 0 amide bonds. The molecule has 0 radical (unpaired) electrons. The molecule has 0 saturated carbocycles. The molecule has 0 bridgehead atoms. The zero-order valence-corrected chi connectivity index (χ0v) is 12.7. The van der Waals surface area contributed by atoms with Gasteiger partial charge in [0.25, 0.3) is 0 Å². The number of nitrogens with zero attached hydrogens (tertiary/aromatic N) is 3.